The van der Waals surface area contributed by atoms with Crippen molar-refractivity contribution >= 4 is 5.97 Å². The van der Waals surface area contributed by atoms with Crippen molar-refractivity contribution in [2.75, 3.05) is 0 Å². The van der Waals surface area contributed by atoms with Crippen molar-refractivity contribution in [1.82, 2.24) is 0 Å². The monoisotopic (exact) mass is 410 g/mol. The largest absolute Gasteiger partial charge is 0.477 e. The van der Waals surface area contributed by atoms with E-state index in [9.17, 15) is 15.0 Å². The molecule has 0 spiro atoms. The Morgan fingerprint density at radius 1 is 0.966 bits per heavy atom. The van der Waals surface area contributed by atoms with Crippen molar-refractivity contribution < 1.29 is 25.6 Å². The van der Waals surface area contributed by atoms with Crippen molar-refractivity contribution in [3.63, 3.8) is 0 Å². The molecule has 0 aromatic heterocycles. The van der Waals surface area contributed by atoms with Crippen molar-refractivity contribution in [1.29, 1.82) is 0 Å². The SMILES string of the molecule is C[C@H](CC(O)(O)C(=O)O)[C@H]1CC[C@H]2[C@@H]3CCC4CCCC[C@]4(C)[C@H]3CC[C@]12C.O. The maximum atomic E-state index is 11.2. The number of carboxylic acids is 1. The standard InChI is InChI=1S/C24H40O4.H2O/c1-15(14-24(27,28)21(25)26)18-9-10-19-17-8-7-16-6-4-5-12-22(16,2)20(17)11-13-23(18,19)3;/h15-20,27-28H,4-14H2,1-3H3,(H,25,26);1H2/t15-,16?,17+,18-,19+,20+,22+,23-;/m1./s1. The van der Waals surface area contributed by atoms with Gasteiger partial charge in [-0.25, -0.2) is 4.79 Å². The molecular formula is C24H42O5. The third kappa shape index (κ3) is 3.55. The maximum Gasteiger partial charge on any atom is 0.364 e. The summed E-state index contributed by atoms with van der Waals surface area (Å²) in [4.78, 5) is 11.2. The van der Waals surface area contributed by atoms with E-state index < -0.39 is 11.8 Å². The zero-order valence-electron chi connectivity index (χ0n) is 18.5. The predicted octanol–water partition coefficient (Wildman–Crippen LogP) is 4.00. The zero-order chi connectivity index (χ0) is 20.3. The first-order chi connectivity index (χ1) is 13.1. The molecule has 29 heavy (non-hydrogen) atoms. The average molecular weight is 411 g/mol. The molecule has 0 radical (unpaired) electrons. The average Bonchev–Trinajstić information content (AvgIpc) is 2.98. The van der Waals surface area contributed by atoms with Gasteiger partial charge in [0.2, 0.25) is 0 Å². The van der Waals surface area contributed by atoms with Crippen LogP contribution in [0.25, 0.3) is 0 Å². The van der Waals surface area contributed by atoms with E-state index >= 15 is 0 Å². The number of rotatable bonds is 4. The molecule has 4 rings (SSSR count). The summed E-state index contributed by atoms with van der Waals surface area (Å²) in [5.74, 6) is -0.356. The molecule has 5 heteroatoms. The van der Waals surface area contributed by atoms with Crippen LogP contribution in [0.15, 0.2) is 0 Å². The number of hydrogen-bond acceptors (Lipinski definition) is 3. The quantitative estimate of drug-likeness (QED) is 0.608. The molecule has 0 aromatic rings. The first-order valence-corrected chi connectivity index (χ1v) is 11.8. The molecule has 5 nitrogen and oxygen atoms in total. The summed E-state index contributed by atoms with van der Waals surface area (Å²) < 4.78 is 0. The van der Waals surface area contributed by atoms with Crippen molar-refractivity contribution in [3.8, 4) is 0 Å². The minimum atomic E-state index is -2.60. The summed E-state index contributed by atoms with van der Waals surface area (Å²) in [6.45, 7) is 7.08. The molecule has 4 aliphatic rings. The van der Waals surface area contributed by atoms with Gasteiger partial charge in [0.15, 0.2) is 0 Å². The molecule has 8 atom stereocenters. The fourth-order valence-electron chi connectivity index (χ4n) is 8.95. The first-order valence-electron chi connectivity index (χ1n) is 11.8. The summed E-state index contributed by atoms with van der Waals surface area (Å²) in [5, 5.41) is 28.9. The van der Waals surface area contributed by atoms with Gasteiger partial charge in [-0.15, -0.1) is 0 Å². The van der Waals surface area contributed by atoms with Gasteiger partial charge in [-0.1, -0.05) is 33.6 Å². The normalized spacial score (nSPS) is 45.3. The predicted molar refractivity (Wildman–Crippen MR) is 112 cm³/mol. The fourth-order valence-corrected chi connectivity index (χ4v) is 8.95. The van der Waals surface area contributed by atoms with Gasteiger partial charge < -0.3 is 20.8 Å². The molecule has 4 aliphatic carbocycles. The molecule has 0 heterocycles. The second kappa shape index (κ2) is 7.80. The van der Waals surface area contributed by atoms with E-state index in [2.05, 4.69) is 13.8 Å². The highest BCUT2D eigenvalue weighted by Gasteiger charge is 2.60. The molecule has 4 saturated carbocycles. The van der Waals surface area contributed by atoms with E-state index in [-0.39, 0.29) is 23.2 Å². The van der Waals surface area contributed by atoms with Gasteiger partial charge in [-0.05, 0) is 97.7 Å². The van der Waals surface area contributed by atoms with Gasteiger partial charge >= 0.3 is 5.97 Å². The summed E-state index contributed by atoms with van der Waals surface area (Å²) >= 11 is 0. The van der Waals surface area contributed by atoms with E-state index in [1.54, 1.807) is 0 Å². The van der Waals surface area contributed by atoms with E-state index in [0.717, 1.165) is 30.1 Å². The number of carboxylic acid groups (broad SMARTS) is 1. The fraction of sp³-hybridized carbons (Fsp3) is 0.958. The van der Waals surface area contributed by atoms with Crippen LogP contribution in [0.5, 0.6) is 0 Å². The topological polar surface area (TPSA) is 109 Å². The van der Waals surface area contributed by atoms with Crippen LogP contribution in [-0.4, -0.2) is 32.6 Å². The van der Waals surface area contributed by atoms with Crippen LogP contribution in [-0.2, 0) is 4.79 Å². The molecule has 0 aliphatic heterocycles. The summed E-state index contributed by atoms with van der Waals surface area (Å²) in [5.41, 5.74) is 0.772. The lowest BCUT2D eigenvalue weighted by atomic mass is 9.44. The molecule has 5 N–H and O–H groups in total. The zero-order valence-corrected chi connectivity index (χ0v) is 18.5. The van der Waals surface area contributed by atoms with Crippen LogP contribution in [0.4, 0.5) is 0 Å². The van der Waals surface area contributed by atoms with Crippen LogP contribution in [0.2, 0.25) is 0 Å². The third-order valence-electron chi connectivity index (χ3n) is 10.3. The Morgan fingerprint density at radius 2 is 1.66 bits per heavy atom. The minimum Gasteiger partial charge on any atom is -0.477 e. The van der Waals surface area contributed by atoms with E-state index in [1.165, 1.54) is 57.8 Å². The van der Waals surface area contributed by atoms with Crippen molar-refractivity contribution in [3.05, 3.63) is 0 Å². The number of aliphatic carboxylic acids is 1. The Balaban J connectivity index is 0.00000240. The van der Waals surface area contributed by atoms with Crippen LogP contribution < -0.4 is 0 Å². The number of carbonyl (C=O) groups is 1. The lowest BCUT2D eigenvalue weighted by molar-refractivity contribution is -0.211. The first kappa shape index (κ1) is 23.0. The Kier molecular flexibility index (Phi) is 6.19. The lowest BCUT2D eigenvalue weighted by Gasteiger charge is -2.61. The van der Waals surface area contributed by atoms with Crippen LogP contribution >= 0.6 is 0 Å². The van der Waals surface area contributed by atoms with E-state index in [1.807, 2.05) is 6.92 Å². The molecular weight excluding hydrogens is 368 g/mol. The van der Waals surface area contributed by atoms with Crippen LogP contribution in [0.1, 0.15) is 91.4 Å². The van der Waals surface area contributed by atoms with Crippen molar-refractivity contribution in [2.45, 2.75) is 97.2 Å². The third-order valence-corrected chi connectivity index (χ3v) is 10.3. The Bertz CT molecular complexity index is 618. The molecule has 0 saturated heterocycles. The van der Waals surface area contributed by atoms with Crippen LogP contribution in [0.3, 0.4) is 0 Å². The summed E-state index contributed by atoms with van der Waals surface area (Å²) in [6.07, 6.45) is 13.3. The van der Waals surface area contributed by atoms with Gasteiger partial charge in [0.05, 0.1) is 0 Å². The molecule has 0 amide bonds. The second-order valence-electron chi connectivity index (χ2n) is 11.4. The van der Waals surface area contributed by atoms with E-state index in [0.29, 0.717) is 11.3 Å². The van der Waals surface area contributed by atoms with Gasteiger partial charge in [0, 0.05) is 6.42 Å². The van der Waals surface area contributed by atoms with Crippen molar-refractivity contribution in [2.24, 2.45) is 46.3 Å². The highest BCUT2D eigenvalue weighted by Crippen LogP contribution is 2.68. The van der Waals surface area contributed by atoms with Gasteiger partial charge in [0.1, 0.15) is 0 Å². The second-order valence-corrected chi connectivity index (χ2v) is 11.4. The highest BCUT2D eigenvalue weighted by atomic mass is 16.5. The molecule has 168 valence electrons. The van der Waals surface area contributed by atoms with Crippen LogP contribution in [0, 0.1) is 46.3 Å². The lowest BCUT2D eigenvalue weighted by Crippen LogP contribution is -2.53. The number of fused-ring (bicyclic) bond motifs is 5. The Morgan fingerprint density at radius 3 is 2.34 bits per heavy atom. The number of aliphatic hydroxyl groups is 2. The minimum absolute atomic E-state index is 0. The maximum absolute atomic E-state index is 11.2. The summed E-state index contributed by atoms with van der Waals surface area (Å²) in [7, 11) is 0. The summed E-state index contributed by atoms with van der Waals surface area (Å²) in [6, 6.07) is 0. The van der Waals surface area contributed by atoms with E-state index in [4.69, 9.17) is 5.11 Å². The smallest absolute Gasteiger partial charge is 0.364 e. The highest BCUT2D eigenvalue weighted by molar-refractivity contribution is 5.74. The van der Waals surface area contributed by atoms with Gasteiger partial charge in [-0.3, -0.25) is 0 Å². The van der Waals surface area contributed by atoms with Gasteiger partial charge in [-0.2, -0.15) is 0 Å². The van der Waals surface area contributed by atoms with Gasteiger partial charge in [0.25, 0.3) is 5.79 Å². The Labute approximate surface area is 175 Å². The molecule has 1 unspecified atom stereocenters. The molecule has 4 fully saturated rings. The number of hydrogen-bond donors (Lipinski definition) is 3. The Hall–Kier alpha value is -0.650. The molecule has 0 bridgehead atoms. The molecule has 0 aromatic carbocycles.